The number of fused-ring (bicyclic) bond motifs is 6. The summed E-state index contributed by atoms with van der Waals surface area (Å²) >= 11 is 0. The number of aromatic nitrogens is 2. The minimum atomic E-state index is -0.487. The summed E-state index contributed by atoms with van der Waals surface area (Å²) in [5.74, 6) is 2.14. The first-order chi connectivity index (χ1) is 16.5. The summed E-state index contributed by atoms with van der Waals surface area (Å²) in [6, 6.07) is 7.08. The van der Waals surface area contributed by atoms with E-state index in [0.29, 0.717) is 44.8 Å². The lowest BCUT2D eigenvalue weighted by Gasteiger charge is -2.20. The Morgan fingerprint density at radius 3 is 2.35 bits per heavy atom. The highest BCUT2D eigenvalue weighted by Crippen LogP contribution is 2.40. The van der Waals surface area contributed by atoms with Crippen LogP contribution in [-0.4, -0.2) is 62.3 Å². The molecule has 0 atom stereocenters. The Balaban J connectivity index is 1.85. The zero-order chi connectivity index (χ0) is 24.0. The van der Waals surface area contributed by atoms with E-state index < -0.39 is 6.09 Å². The van der Waals surface area contributed by atoms with Crippen LogP contribution in [0.2, 0.25) is 0 Å². The number of carbonyl (C=O) groups is 1. The second-order valence-corrected chi connectivity index (χ2v) is 7.84. The third kappa shape index (κ3) is 3.30. The molecule has 0 unspecified atom stereocenters. The van der Waals surface area contributed by atoms with Crippen molar-refractivity contribution in [2.75, 3.05) is 41.7 Å². The van der Waals surface area contributed by atoms with Gasteiger partial charge in [0.2, 0.25) is 6.79 Å². The highest BCUT2D eigenvalue weighted by Gasteiger charge is 2.21. The van der Waals surface area contributed by atoms with Gasteiger partial charge in [-0.3, -0.25) is 9.78 Å². The molecule has 1 amide bonds. The maximum absolute atomic E-state index is 13.8. The van der Waals surface area contributed by atoms with Gasteiger partial charge in [0.1, 0.15) is 0 Å². The van der Waals surface area contributed by atoms with Gasteiger partial charge in [0.15, 0.2) is 23.0 Å². The summed E-state index contributed by atoms with van der Waals surface area (Å²) in [7, 11) is 6.00. The molecule has 2 aromatic heterocycles. The normalized spacial score (nSPS) is 12.4. The van der Waals surface area contributed by atoms with Crippen molar-refractivity contribution in [3.05, 3.63) is 40.8 Å². The van der Waals surface area contributed by atoms with Gasteiger partial charge in [-0.15, -0.1) is 0 Å². The maximum atomic E-state index is 13.8. The lowest BCUT2D eigenvalue weighted by atomic mass is 10.0. The Hall–Kier alpha value is -4.21. The SMILES string of the molecule is COC(=O)N(C)CCn1c(=O)c2cc(OC)c(OC)cc2c2cnc3cc4c(cc3c21)OCO4. The Labute approximate surface area is 194 Å². The van der Waals surface area contributed by atoms with E-state index in [1.807, 2.05) is 6.07 Å². The molecule has 0 fully saturated rings. The highest BCUT2D eigenvalue weighted by molar-refractivity contribution is 6.15. The zero-order valence-corrected chi connectivity index (χ0v) is 19.2. The van der Waals surface area contributed by atoms with Crippen LogP contribution in [0.1, 0.15) is 0 Å². The van der Waals surface area contributed by atoms with Gasteiger partial charge in [-0.05, 0) is 18.2 Å². The topological polar surface area (TPSA) is 101 Å². The third-order valence-electron chi connectivity index (χ3n) is 6.04. The van der Waals surface area contributed by atoms with Crippen LogP contribution in [0.25, 0.3) is 32.6 Å². The Morgan fingerprint density at radius 2 is 1.68 bits per heavy atom. The van der Waals surface area contributed by atoms with Gasteiger partial charge < -0.3 is 33.2 Å². The van der Waals surface area contributed by atoms with Crippen LogP contribution in [0.15, 0.2) is 35.3 Å². The van der Waals surface area contributed by atoms with E-state index in [-0.39, 0.29) is 25.4 Å². The summed E-state index contributed by atoms with van der Waals surface area (Å²) < 4.78 is 28.4. The second kappa shape index (κ2) is 8.29. The van der Waals surface area contributed by atoms with Crippen LogP contribution < -0.4 is 24.5 Å². The molecule has 0 saturated heterocycles. The van der Waals surface area contributed by atoms with Crippen molar-refractivity contribution in [3.63, 3.8) is 0 Å². The summed E-state index contributed by atoms with van der Waals surface area (Å²) in [6.07, 6.45) is 1.24. The number of hydrogen-bond acceptors (Lipinski definition) is 8. The third-order valence-corrected chi connectivity index (χ3v) is 6.04. The molecule has 0 saturated carbocycles. The van der Waals surface area contributed by atoms with E-state index in [9.17, 15) is 9.59 Å². The van der Waals surface area contributed by atoms with E-state index in [4.69, 9.17) is 23.7 Å². The quantitative estimate of drug-likeness (QED) is 0.415. The van der Waals surface area contributed by atoms with E-state index in [0.717, 1.165) is 10.8 Å². The van der Waals surface area contributed by atoms with Crippen LogP contribution in [0.5, 0.6) is 23.0 Å². The monoisotopic (exact) mass is 465 g/mol. The minimum Gasteiger partial charge on any atom is -0.493 e. The molecule has 1 aliphatic rings. The number of carbonyl (C=O) groups excluding carboxylic acids is 1. The summed E-state index contributed by atoms with van der Waals surface area (Å²) in [4.78, 5) is 31.8. The van der Waals surface area contributed by atoms with E-state index in [2.05, 4.69) is 4.98 Å². The fourth-order valence-corrected chi connectivity index (χ4v) is 4.29. The number of nitrogens with zero attached hydrogens (tertiary/aromatic N) is 3. The first kappa shape index (κ1) is 21.6. The van der Waals surface area contributed by atoms with Crippen molar-refractivity contribution in [3.8, 4) is 23.0 Å². The van der Waals surface area contributed by atoms with E-state index in [1.54, 1.807) is 43.1 Å². The molecule has 5 rings (SSSR count). The van der Waals surface area contributed by atoms with Crippen LogP contribution in [0.3, 0.4) is 0 Å². The van der Waals surface area contributed by atoms with Crippen LogP contribution in [-0.2, 0) is 11.3 Å². The van der Waals surface area contributed by atoms with Gasteiger partial charge in [0.05, 0.1) is 37.7 Å². The number of amides is 1. The lowest BCUT2D eigenvalue weighted by Crippen LogP contribution is -2.33. The molecule has 10 nitrogen and oxygen atoms in total. The van der Waals surface area contributed by atoms with Crippen LogP contribution in [0.4, 0.5) is 4.79 Å². The van der Waals surface area contributed by atoms with Crippen molar-refractivity contribution in [1.29, 1.82) is 0 Å². The number of ether oxygens (including phenoxy) is 5. The molecule has 0 bridgehead atoms. The largest absolute Gasteiger partial charge is 0.493 e. The molecule has 3 heterocycles. The Kier molecular flexibility index (Phi) is 5.27. The summed E-state index contributed by atoms with van der Waals surface area (Å²) in [5, 5.41) is 2.62. The fourth-order valence-electron chi connectivity index (χ4n) is 4.29. The zero-order valence-electron chi connectivity index (χ0n) is 19.2. The van der Waals surface area contributed by atoms with Gasteiger partial charge in [0, 0.05) is 48.6 Å². The van der Waals surface area contributed by atoms with Gasteiger partial charge in [-0.1, -0.05) is 0 Å². The maximum Gasteiger partial charge on any atom is 0.409 e. The number of methoxy groups -OCH3 is 3. The molecule has 4 aromatic rings. The van der Waals surface area contributed by atoms with Crippen molar-refractivity contribution >= 4 is 38.7 Å². The summed E-state index contributed by atoms with van der Waals surface area (Å²) in [6.45, 7) is 0.619. The van der Waals surface area contributed by atoms with Crippen molar-refractivity contribution < 1.29 is 28.5 Å². The first-order valence-corrected chi connectivity index (χ1v) is 10.6. The smallest absolute Gasteiger partial charge is 0.409 e. The molecule has 0 aliphatic carbocycles. The number of likely N-dealkylation sites (N-methyl/N-ethyl adjacent to an activating group) is 1. The molecule has 1 aliphatic heterocycles. The molecule has 10 heteroatoms. The Bertz CT molecular complexity index is 1510. The number of hydrogen-bond donors (Lipinski definition) is 0. The molecular formula is C24H23N3O7. The minimum absolute atomic E-state index is 0.125. The molecule has 0 N–H and O–H groups in total. The molecular weight excluding hydrogens is 442 g/mol. The van der Waals surface area contributed by atoms with Crippen molar-refractivity contribution in [2.45, 2.75) is 6.54 Å². The average Bonchev–Trinajstić information content (AvgIpc) is 3.32. The van der Waals surface area contributed by atoms with Crippen molar-refractivity contribution in [1.82, 2.24) is 14.5 Å². The molecule has 0 radical (unpaired) electrons. The fraction of sp³-hybridized carbons (Fsp3) is 0.292. The predicted molar refractivity (Wildman–Crippen MR) is 125 cm³/mol. The van der Waals surface area contributed by atoms with Crippen molar-refractivity contribution in [2.24, 2.45) is 0 Å². The molecule has 2 aromatic carbocycles. The molecule has 0 spiro atoms. The lowest BCUT2D eigenvalue weighted by molar-refractivity contribution is 0.132. The number of benzene rings is 2. The highest BCUT2D eigenvalue weighted by atomic mass is 16.7. The first-order valence-electron chi connectivity index (χ1n) is 10.6. The average molecular weight is 465 g/mol. The number of pyridine rings is 2. The molecule has 176 valence electrons. The Morgan fingerprint density at radius 1 is 1.00 bits per heavy atom. The standard InChI is InChI=1S/C24H23N3O7/c1-26(24(29)32-4)5-6-27-22-15-9-20-21(34-12-33-20)10-17(15)25-11-16(22)13-7-18(30-2)19(31-3)8-14(13)23(27)28/h7-11H,5-6,12H2,1-4H3. The second-order valence-electron chi connectivity index (χ2n) is 7.84. The molecule has 34 heavy (non-hydrogen) atoms. The van der Waals surface area contributed by atoms with Crippen LogP contribution >= 0.6 is 0 Å². The van der Waals surface area contributed by atoms with Crippen LogP contribution in [0, 0.1) is 0 Å². The summed E-state index contributed by atoms with van der Waals surface area (Å²) in [5.41, 5.74) is 1.10. The van der Waals surface area contributed by atoms with E-state index >= 15 is 0 Å². The van der Waals surface area contributed by atoms with Gasteiger partial charge in [0.25, 0.3) is 5.56 Å². The van der Waals surface area contributed by atoms with Gasteiger partial charge in [-0.2, -0.15) is 0 Å². The number of rotatable bonds is 5. The predicted octanol–water partition coefficient (Wildman–Crippen LogP) is 3.15. The van der Waals surface area contributed by atoms with E-state index in [1.165, 1.54) is 19.1 Å². The van der Waals surface area contributed by atoms with Gasteiger partial charge in [-0.25, -0.2) is 4.79 Å². The van der Waals surface area contributed by atoms with Gasteiger partial charge >= 0.3 is 6.09 Å².